The van der Waals surface area contributed by atoms with Crippen LogP contribution in [0.25, 0.3) is 10.9 Å². The average molecular weight is 515 g/mol. The number of aryl methyl sites for hydroxylation is 1. The third-order valence-corrected chi connectivity index (χ3v) is 8.00. The molecule has 36 heavy (non-hydrogen) atoms. The molecule has 2 atom stereocenters. The molecule has 0 aliphatic carbocycles. The maximum absolute atomic E-state index is 13.3. The predicted molar refractivity (Wildman–Crippen MR) is 139 cm³/mol. The molecular formula is C28H32F2N2O3S. The number of hydrogen-bond donors (Lipinski definition) is 1. The number of piperidine rings is 1. The number of carboxylic acids is 1. The Bertz CT molecular complexity index is 1170. The van der Waals surface area contributed by atoms with Gasteiger partial charge in [0.1, 0.15) is 17.4 Å². The van der Waals surface area contributed by atoms with E-state index >= 15 is 0 Å². The van der Waals surface area contributed by atoms with Gasteiger partial charge in [-0.1, -0.05) is 0 Å². The summed E-state index contributed by atoms with van der Waals surface area (Å²) in [5.74, 6) is -0.555. The van der Waals surface area contributed by atoms with E-state index in [1.54, 1.807) is 7.11 Å². The van der Waals surface area contributed by atoms with Crippen molar-refractivity contribution < 1.29 is 23.4 Å². The number of rotatable bonds is 11. The number of nitrogens with zero attached hydrogens (tertiary/aromatic N) is 2. The maximum atomic E-state index is 13.3. The number of aromatic nitrogens is 1. The van der Waals surface area contributed by atoms with Gasteiger partial charge in [-0.05, 0) is 98.8 Å². The van der Waals surface area contributed by atoms with Crippen molar-refractivity contribution in [2.24, 2.45) is 11.8 Å². The maximum Gasteiger partial charge on any atom is 0.308 e. The van der Waals surface area contributed by atoms with Gasteiger partial charge < -0.3 is 14.7 Å². The fourth-order valence-electron chi connectivity index (χ4n) is 5.07. The molecule has 2 aromatic carbocycles. The lowest BCUT2D eigenvalue weighted by molar-refractivity contribution is -0.146. The second-order valence-electron chi connectivity index (χ2n) is 9.35. The Morgan fingerprint density at radius 2 is 1.97 bits per heavy atom. The van der Waals surface area contributed by atoms with Gasteiger partial charge in [0.05, 0.1) is 18.5 Å². The lowest BCUT2D eigenvalue weighted by Gasteiger charge is -2.36. The standard InChI is InChI=1S/C28H32F2N2O3S/c1-35-23-6-7-27-25(17-23)19(8-10-31-27)4-2-5-20-9-12-32(18-26(20)28(33)34)11-3-13-36-24-15-21(29)14-22(30)16-24/h6-8,10,14-17,20,26H,2-5,9,11-13,18H2,1H3,(H,33,34)/t20-,26+/m1/s1. The number of thioether (sulfide) groups is 1. The zero-order chi connectivity index (χ0) is 25.5. The van der Waals surface area contributed by atoms with Crippen LogP contribution in [0.4, 0.5) is 8.78 Å². The predicted octanol–water partition coefficient (Wildman–Crippen LogP) is 6.05. The fourth-order valence-corrected chi connectivity index (χ4v) is 5.97. The zero-order valence-corrected chi connectivity index (χ0v) is 21.3. The largest absolute Gasteiger partial charge is 0.497 e. The lowest BCUT2D eigenvalue weighted by atomic mass is 9.81. The quantitative estimate of drug-likeness (QED) is 0.248. The molecule has 0 amide bonds. The molecule has 1 aromatic heterocycles. The van der Waals surface area contributed by atoms with E-state index in [9.17, 15) is 18.7 Å². The van der Waals surface area contributed by atoms with Gasteiger partial charge in [-0.2, -0.15) is 0 Å². The van der Waals surface area contributed by atoms with Crippen molar-refractivity contribution in [3.05, 3.63) is 65.9 Å². The number of methoxy groups -OCH3 is 1. The highest BCUT2D eigenvalue weighted by molar-refractivity contribution is 7.99. The molecule has 4 rings (SSSR count). The Kier molecular flexibility index (Phi) is 9.15. The lowest BCUT2D eigenvalue weighted by Crippen LogP contribution is -2.44. The van der Waals surface area contributed by atoms with Gasteiger partial charge in [-0.25, -0.2) is 8.78 Å². The van der Waals surface area contributed by atoms with Crippen molar-refractivity contribution in [2.45, 2.75) is 37.0 Å². The Morgan fingerprint density at radius 1 is 1.17 bits per heavy atom. The molecule has 0 unspecified atom stereocenters. The summed E-state index contributed by atoms with van der Waals surface area (Å²) < 4.78 is 32.1. The van der Waals surface area contributed by atoms with Crippen molar-refractivity contribution in [1.82, 2.24) is 9.88 Å². The van der Waals surface area contributed by atoms with Crippen LogP contribution in [0.3, 0.4) is 0 Å². The molecule has 0 spiro atoms. The van der Waals surface area contributed by atoms with E-state index in [-0.39, 0.29) is 11.8 Å². The Balaban J connectivity index is 1.25. The van der Waals surface area contributed by atoms with Gasteiger partial charge in [-0.15, -0.1) is 11.8 Å². The Labute approximate surface area is 214 Å². The van der Waals surface area contributed by atoms with Crippen LogP contribution in [-0.4, -0.2) is 53.5 Å². The average Bonchev–Trinajstić information content (AvgIpc) is 2.86. The van der Waals surface area contributed by atoms with E-state index < -0.39 is 17.6 Å². The number of aliphatic carboxylic acids is 1. The van der Waals surface area contributed by atoms with E-state index in [1.807, 2.05) is 30.5 Å². The zero-order valence-electron chi connectivity index (χ0n) is 20.5. The van der Waals surface area contributed by atoms with Crippen LogP contribution in [0, 0.1) is 23.5 Å². The number of hydrogen-bond acceptors (Lipinski definition) is 5. The number of pyridine rings is 1. The Hall–Kier alpha value is -2.71. The molecule has 3 aromatic rings. The number of fused-ring (bicyclic) bond motifs is 1. The molecule has 1 N–H and O–H groups in total. The summed E-state index contributed by atoms with van der Waals surface area (Å²) in [7, 11) is 1.65. The minimum Gasteiger partial charge on any atom is -0.497 e. The molecule has 1 saturated heterocycles. The van der Waals surface area contributed by atoms with E-state index in [0.29, 0.717) is 11.4 Å². The monoisotopic (exact) mass is 514 g/mol. The summed E-state index contributed by atoms with van der Waals surface area (Å²) in [4.78, 5) is 19.3. The van der Waals surface area contributed by atoms with Crippen LogP contribution in [-0.2, 0) is 11.2 Å². The number of carbonyl (C=O) groups is 1. The summed E-state index contributed by atoms with van der Waals surface area (Å²) >= 11 is 1.42. The van der Waals surface area contributed by atoms with Crippen LogP contribution in [0.5, 0.6) is 5.75 Å². The van der Waals surface area contributed by atoms with E-state index in [1.165, 1.54) is 29.5 Å². The normalized spacial score (nSPS) is 18.4. The highest BCUT2D eigenvalue weighted by atomic mass is 32.2. The second-order valence-corrected chi connectivity index (χ2v) is 10.5. The third kappa shape index (κ3) is 6.95. The number of halogens is 2. The topological polar surface area (TPSA) is 62.7 Å². The highest BCUT2D eigenvalue weighted by Gasteiger charge is 2.33. The number of likely N-dealkylation sites (tertiary alicyclic amines) is 1. The number of benzene rings is 2. The van der Waals surface area contributed by atoms with Crippen LogP contribution in [0.2, 0.25) is 0 Å². The SMILES string of the molecule is COc1ccc2nccc(CCC[C@@H]3CCN(CCCSc4cc(F)cc(F)c4)C[C@@H]3C(=O)O)c2c1. The van der Waals surface area contributed by atoms with E-state index in [4.69, 9.17) is 4.74 Å². The summed E-state index contributed by atoms with van der Waals surface area (Å²) in [5, 5.41) is 11.0. The van der Waals surface area contributed by atoms with E-state index in [2.05, 4.69) is 9.88 Å². The molecule has 1 aliphatic rings. The molecule has 0 radical (unpaired) electrons. The summed E-state index contributed by atoms with van der Waals surface area (Å²) in [6.07, 6.45) is 6.19. The van der Waals surface area contributed by atoms with Crippen molar-refractivity contribution in [3.63, 3.8) is 0 Å². The van der Waals surface area contributed by atoms with Gasteiger partial charge >= 0.3 is 5.97 Å². The van der Waals surface area contributed by atoms with E-state index in [0.717, 1.165) is 73.7 Å². The first-order chi connectivity index (χ1) is 17.4. The first-order valence-electron chi connectivity index (χ1n) is 12.4. The molecule has 0 bridgehead atoms. The molecule has 5 nitrogen and oxygen atoms in total. The van der Waals surface area contributed by atoms with Crippen molar-refractivity contribution in [2.75, 3.05) is 32.5 Å². The molecule has 8 heteroatoms. The molecule has 192 valence electrons. The van der Waals surface area contributed by atoms with Gasteiger partial charge in [-0.3, -0.25) is 9.78 Å². The Morgan fingerprint density at radius 3 is 2.72 bits per heavy atom. The molecule has 2 heterocycles. The number of carboxylic acid groups (broad SMARTS) is 1. The van der Waals surface area contributed by atoms with Crippen molar-refractivity contribution >= 4 is 28.6 Å². The molecule has 0 saturated carbocycles. The van der Waals surface area contributed by atoms with Crippen LogP contribution < -0.4 is 4.74 Å². The van der Waals surface area contributed by atoms with Gasteiger partial charge in [0.25, 0.3) is 0 Å². The minimum absolute atomic E-state index is 0.158. The highest BCUT2D eigenvalue weighted by Crippen LogP contribution is 2.30. The molecule has 1 aliphatic heterocycles. The first kappa shape index (κ1) is 26.4. The van der Waals surface area contributed by atoms with Crippen LogP contribution in [0.1, 0.15) is 31.2 Å². The minimum atomic E-state index is -0.728. The third-order valence-electron chi connectivity index (χ3n) is 6.94. The summed E-state index contributed by atoms with van der Waals surface area (Å²) in [6, 6.07) is 11.5. The number of ether oxygens (including phenoxy) is 1. The fraction of sp³-hybridized carbons (Fsp3) is 0.429. The van der Waals surface area contributed by atoms with Crippen molar-refractivity contribution in [3.8, 4) is 5.75 Å². The van der Waals surface area contributed by atoms with Gasteiger partial charge in [0.2, 0.25) is 0 Å². The molecule has 1 fully saturated rings. The van der Waals surface area contributed by atoms with Crippen LogP contribution in [0.15, 0.2) is 53.6 Å². The van der Waals surface area contributed by atoms with Crippen molar-refractivity contribution in [1.29, 1.82) is 0 Å². The smallest absolute Gasteiger partial charge is 0.308 e. The second kappa shape index (κ2) is 12.5. The summed E-state index contributed by atoms with van der Waals surface area (Å²) in [5.41, 5.74) is 2.14. The first-order valence-corrected chi connectivity index (χ1v) is 13.4. The van der Waals surface area contributed by atoms with Gasteiger partial charge in [0, 0.05) is 29.1 Å². The summed E-state index contributed by atoms with van der Waals surface area (Å²) in [6.45, 7) is 2.21. The van der Waals surface area contributed by atoms with Gasteiger partial charge in [0.15, 0.2) is 0 Å². The van der Waals surface area contributed by atoms with Crippen LogP contribution >= 0.6 is 11.8 Å². The molecular weight excluding hydrogens is 482 g/mol.